The Morgan fingerprint density at radius 1 is 1.06 bits per heavy atom. The molecule has 0 saturated heterocycles. The van der Waals surface area contributed by atoms with E-state index in [1.807, 2.05) is 0 Å². The Balaban J connectivity index is 4.71. The normalized spacial score (nSPS) is 11.2. The van der Waals surface area contributed by atoms with E-state index < -0.39 is 0 Å². The fourth-order valence-electron chi connectivity index (χ4n) is 2.18. The highest BCUT2D eigenvalue weighted by molar-refractivity contribution is 5.87. The fraction of sp³-hybridized carbons (Fsp3) is 0.786. The van der Waals surface area contributed by atoms with Crippen LogP contribution in [0.25, 0.3) is 0 Å². The second-order valence-corrected chi connectivity index (χ2v) is 4.60. The summed E-state index contributed by atoms with van der Waals surface area (Å²) in [5.74, 6) is -0.240. The summed E-state index contributed by atoms with van der Waals surface area (Å²) >= 11 is 0. The number of carbonyl (C=O) groups excluding carboxylic acids is 1. The quantitative estimate of drug-likeness (QED) is 0.457. The summed E-state index contributed by atoms with van der Waals surface area (Å²) in [5.41, 5.74) is 0.238. The SMILES string of the molecule is C=C(C)C(=O)OC(CCC)(CCC)CCC. The van der Waals surface area contributed by atoms with Gasteiger partial charge in [0.2, 0.25) is 0 Å². The van der Waals surface area contributed by atoms with Gasteiger partial charge in [-0.3, -0.25) is 0 Å². The molecule has 2 heteroatoms. The average Bonchev–Trinajstić information content (AvgIpc) is 2.18. The molecule has 0 unspecified atom stereocenters. The molecular formula is C14H26O2. The van der Waals surface area contributed by atoms with Gasteiger partial charge in [0, 0.05) is 5.57 Å². The number of ether oxygens (including phenoxy) is 1. The van der Waals surface area contributed by atoms with Crippen molar-refractivity contribution in [3.8, 4) is 0 Å². The van der Waals surface area contributed by atoms with Crippen LogP contribution >= 0.6 is 0 Å². The van der Waals surface area contributed by atoms with Gasteiger partial charge in [0.15, 0.2) is 0 Å². The van der Waals surface area contributed by atoms with Gasteiger partial charge in [0.25, 0.3) is 0 Å². The predicted octanol–water partition coefficient (Wildman–Crippen LogP) is 4.24. The summed E-state index contributed by atoms with van der Waals surface area (Å²) < 4.78 is 5.68. The van der Waals surface area contributed by atoms with Crippen LogP contribution in [-0.2, 0) is 9.53 Å². The molecular weight excluding hydrogens is 200 g/mol. The largest absolute Gasteiger partial charge is 0.456 e. The predicted molar refractivity (Wildman–Crippen MR) is 68.4 cm³/mol. The van der Waals surface area contributed by atoms with Crippen molar-refractivity contribution in [2.45, 2.75) is 71.8 Å². The van der Waals surface area contributed by atoms with Gasteiger partial charge in [-0.15, -0.1) is 0 Å². The second kappa shape index (κ2) is 7.48. The Hall–Kier alpha value is -0.790. The van der Waals surface area contributed by atoms with Crippen LogP contribution in [0, 0.1) is 0 Å². The standard InChI is InChI=1S/C14H26O2/c1-6-9-14(10-7-2,11-8-3)16-13(15)12(4)5/h4,6-11H2,1-3,5H3. The zero-order valence-corrected chi connectivity index (χ0v) is 11.3. The lowest BCUT2D eigenvalue weighted by atomic mass is 9.88. The molecule has 0 bridgehead atoms. The van der Waals surface area contributed by atoms with Crippen LogP contribution in [0.1, 0.15) is 66.2 Å². The van der Waals surface area contributed by atoms with Crippen molar-refractivity contribution in [2.24, 2.45) is 0 Å². The molecule has 0 radical (unpaired) electrons. The van der Waals surface area contributed by atoms with Crippen LogP contribution in [0.15, 0.2) is 12.2 Å². The van der Waals surface area contributed by atoms with Gasteiger partial charge >= 0.3 is 5.97 Å². The molecule has 0 aromatic heterocycles. The Morgan fingerprint density at radius 2 is 1.44 bits per heavy atom. The van der Waals surface area contributed by atoms with E-state index in [9.17, 15) is 4.79 Å². The third kappa shape index (κ3) is 4.82. The Labute approximate surface area is 100 Å². The van der Waals surface area contributed by atoms with Crippen molar-refractivity contribution >= 4 is 5.97 Å². The van der Waals surface area contributed by atoms with E-state index in [4.69, 9.17) is 4.74 Å². The maximum atomic E-state index is 11.7. The van der Waals surface area contributed by atoms with Crippen LogP contribution in [0.4, 0.5) is 0 Å². The van der Waals surface area contributed by atoms with E-state index >= 15 is 0 Å². The molecule has 0 rings (SSSR count). The number of rotatable bonds is 8. The van der Waals surface area contributed by atoms with Crippen molar-refractivity contribution in [3.63, 3.8) is 0 Å². The first-order valence-corrected chi connectivity index (χ1v) is 6.40. The van der Waals surface area contributed by atoms with E-state index in [1.165, 1.54) is 0 Å². The zero-order valence-electron chi connectivity index (χ0n) is 11.3. The highest BCUT2D eigenvalue weighted by atomic mass is 16.6. The van der Waals surface area contributed by atoms with E-state index in [0.717, 1.165) is 38.5 Å². The monoisotopic (exact) mass is 226 g/mol. The van der Waals surface area contributed by atoms with Crippen LogP contribution in [0.3, 0.4) is 0 Å². The smallest absolute Gasteiger partial charge is 0.333 e. The Bertz CT molecular complexity index is 214. The maximum Gasteiger partial charge on any atom is 0.333 e. The van der Waals surface area contributed by atoms with E-state index in [1.54, 1.807) is 6.92 Å². The van der Waals surface area contributed by atoms with Crippen LogP contribution in [0.5, 0.6) is 0 Å². The summed E-state index contributed by atoms with van der Waals surface area (Å²) in [6.07, 6.45) is 5.99. The zero-order chi connectivity index (χ0) is 12.6. The average molecular weight is 226 g/mol. The van der Waals surface area contributed by atoms with E-state index in [-0.39, 0.29) is 11.6 Å². The lowest BCUT2D eigenvalue weighted by Gasteiger charge is -2.33. The molecule has 0 aliphatic heterocycles. The first kappa shape index (κ1) is 15.2. The fourth-order valence-corrected chi connectivity index (χ4v) is 2.18. The molecule has 0 spiro atoms. The van der Waals surface area contributed by atoms with Crippen LogP contribution in [0.2, 0.25) is 0 Å². The molecule has 0 aliphatic carbocycles. The summed E-state index contributed by atoms with van der Waals surface area (Å²) in [6, 6.07) is 0. The van der Waals surface area contributed by atoms with Gasteiger partial charge < -0.3 is 4.74 Å². The first-order valence-electron chi connectivity index (χ1n) is 6.40. The number of hydrogen-bond acceptors (Lipinski definition) is 2. The minimum Gasteiger partial charge on any atom is -0.456 e. The van der Waals surface area contributed by atoms with Crippen molar-refractivity contribution in [3.05, 3.63) is 12.2 Å². The molecule has 94 valence electrons. The van der Waals surface area contributed by atoms with Gasteiger partial charge in [0.1, 0.15) is 5.60 Å². The molecule has 0 fully saturated rings. The van der Waals surface area contributed by atoms with Crippen molar-refractivity contribution < 1.29 is 9.53 Å². The van der Waals surface area contributed by atoms with Gasteiger partial charge in [-0.25, -0.2) is 4.79 Å². The highest BCUT2D eigenvalue weighted by Gasteiger charge is 2.31. The third-order valence-corrected chi connectivity index (χ3v) is 2.77. The minimum absolute atomic E-state index is 0.240. The van der Waals surface area contributed by atoms with Gasteiger partial charge in [-0.1, -0.05) is 46.6 Å². The Morgan fingerprint density at radius 3 is 1.69 bits per heavy atom. The number of hydrogen-bond donors (Lipinski definition) is 0. The highest BCUT2D eigenvalue weighted by Crippen LogP contribution is 2.30. The topological polar surface area (TPSA) is 26.3 Å². The molecule has 0 saturated carbocycles. The van der Waals surface area contributed by atoms with Gasteiger partial charge in [-0.05, 0) is 26.2 Å². The van der Waals surface area contributed by atoms with Crippen molar-refractivity contribution in [1.82, 2.24) is 0 Å². The molecule has 16 heavy (non-hydrogen) atoms. The molecule has 0 atom stereocenters. The number of carbonyl (C=O) groups is 1. The molecule has 0 aromatic rings. The molecule has 0 heterocycles. The molecule has 0 aromatic carbocycles. The van der Waals surface area contributed by atoms with Crippen molar-refractivity contribution in [1.29, 1.82) is 0 Å². The summed E-state index contributed by atoms with van der Waals surface area (Å²) in [5, 5.41) is 0. The van der Waals surface area contributed by atoms with Crippen molar-refractivity contribution in [2.75, 3.05) is 0 Å². The van der Waals surface area contributed by atoms with Crippen LogP contribution in [-0.4, -0.2) is 11.6 Å². The molecule has 0 N–H and O–H groups in total. The molecule has 0 aliphatic rings. The third-order valence-electron chi connectivity index (χ3n) is 2.77. The summed E-state index contributed by atoms with van der Waals surface area (Å²) in [7, 11) is 0. The van der Waals surface area contributed by atoms with E-state index in [0.29, 0.717) is 5.57 Å². The first-order chi connectivity index (χ1) is 7.51. The summed E-state index contributed by atoms with van der Waals surface area (Å²) in [6.45, 7) is 11.8. The Kier molecular flexibility index (Phi) is 7.11. The summed E-state index contributed by atoms with van der Waals surface area (Å²) in [4.78, 5) is 11.7. The van der Waals surface area contributed by atoms with Crippen LogP contribution < -0.4 is 0 Å². The lowest BCUT2D eigenvalue weighted by molar-refractivity contribution is -0.157. The maximum absolute atomic E-state index is 11.7. The van der Waals surface area contributed by atoms with E-state index in [2.05, 4.69) is 27.4 Å². The molecule has 2 nitrogen and oxygen atoms in total. The molecule has 0 amide bonds. The van der Waals surface area contributed by atoms with Gasteiger partial charge in [0.05, 0.1) is 0 Å². The van der Waals surface area contributed by atoms with Gasteiger partial charge in [-0.2, -0.15) is 0 Å². The minimum atomic E-state index is -0.256. The number of esters is 1. The second-order valence-electron chi connectivity index (χ2n) is 4.60. The lowest BCUT2D eigenvalue weighted by Crippen LogP contribution is -2.35.